The number of carbonyl (C=O) groups is 1. The molecule has 1 aromatic heterocycles. The van der Waals surface area contributed by atoms with Gasteiger partial charge in [0.1, 0.15) is 11.8 Å². The predicted molar refractivity (Wildman–Crippen MR) is 83.1 cm³/mol. The molecule has 1 heterocycles. The highest BCUT2D eigenvalue weighted by Crippen LogP contribution is 2.38. The van der Waals surface area contributed by atoms with E-state index in [-0.39, 0.29) is 18.5 Å². The van der Waals surface area contributed by atoms with E-state index in [9.17, 15) is 5.11 Å². The van der Waals surface area contributed by atoms with E-state index in [0.717, 1.165) is 31.5 Å². The first kappa shape index (κ1) is 18.2. The summed E-state index contributed by atoms with van der Waals surface area (Å²) < 4.78 is 1.86. The molecular formula is C16H25N3O3. The van der Waals surface area contributed by atoms with Crippen LogP contribution in [0.25, 0.3) is 0 Å². The molecule has 0 spiro atoms. The van der Waals surface area contributed by atoms with Crippen molar-refractivity contribution >= 4 is 6.47 Å². The first-order valence-corrected chi connectivity index (χ1v) is 7.43. The lowest BCUT2D eigenvalue weighted by molar-refractivity contribution is -0.122. The molecule has 6 nitrogen and oxygen atoms in total. The third-order valence-corrected chi connectivity index (χ3v) is 4.23. The SMILES string of the molecule is CN(Cc1cc(C#N)n(C)c1)CC1(CO)CCCC1.O=CO. The zero-order valence-corrected chi connectivity index (χ0v) is 13.3. The minimum Gasteiger partial charge on any atom is -0.483 e. The van der Waals surface area contributed by atoms with E-state index in [4.69, 9.17) is 15.2 Å². The van der Waals surface area contributed by atoms with Gasteiger partial charge >= 0.3 is 0 Å². The Kier molecular flexibility index (Phi) is 7.09. The standard InChI is InChI=1S/C15H23N3O.CH2O2/c1-17(11-15(12-19)5-3-4-6-15)9-13-7-14(8-16)18(2)10-13;2-1-3/h7,10,19H,3-6,9,11-12H2,1-2H3;1H,(H,2,3). The minimum absolute atomic E-state index is 0.0988. The number of aliphatic hydroxyl groups is 1. The summed E-state index contributed by atoms with van der Waals surface area (Å²) >= 11 is 0. The lowest BCUT2D eigenvalue weighted by Gasteiger charge is -2.31. The van der Waals surface area contributed by atoms with Crippen molar-refractivity contribution in [3.8, 4) is 6.07 Å². The lowest BCUT2D eigenvalue weighted by atomic mass is 9.86. The molecule has 1 aliphatic rings. The highest BCUT2D eigenvalue weighted by Gasteiger charge is 2.34. The lowest BCUT2D eigenvalue weighted by Crippen LogP contribution is -2.36. The van der Waals surface area contributed by atoms with Crippen LogP contribution < -0.4 is 0 Å². The number of hydrogen-bond donors (Lipinski definition) is 2. The Morgan fingerprint density at radius 3 is 2.55 bits per heavy atom. The monoisotopic (exact) mass is 307 g/mol. The van der Waals surface area contributed by atoms with Crippen molar-refractivity contribution in [2.45, 2.75) is 32.2 Å². The predicted octanol–water partition coefficient (Wildman–Crippen LogP) is 1.58. The molecule has 2 rings (SSSR count). The number of aryl methyl sites for hydroxylation is 1. The first-order chi connectivity index (χ1) is 10.5. The molecule has 22 heavy (non-hydrogen) atoms. The van der Waals surface area contributed by atoms with Crippen molar-refractivity contribution in [2.75, 3.05) is 20.2 Å². The fourth-order valence-electron chi connectivity index (χ4n) is 3.26. The van der Waals surface area contributed by atoms with Gasteiger partial charge in [0.25, 0.3) is 6.47 Å². The van der Waals surface area contributed by atoms with Gasteiger partial charge in [-0.15, -0.1) is 0 Å². The van der Waals surface area contributed by atoms with Crippen LogP contribution in [0.15, 0.2) is 12.3 Å². The smallest absolute Gasteiger partial charge is 0.290 e. The van der Waals surface area contributed by atoms with Gasteiger partial charge in [0.15, 0.2) is 0 Å². The van der Waals surface area contributed by atoms with E-state index in [0.29, 0.717) is 5.69 Å². The molecule has 1 aromatic rings. The molecule has 2 N–H and O–H groups in total. The number of carboxylic acid groups (broad SMARTS) is 1. The molecule has 0 amide bonds. The molecule has 0 saturated heterocycles. The van der Waals surface area contributed by atoms with Gasteiger partial charge in [0.2, 0.25) is 0 Å². The van der Waals surface area contributed by atoms with E-state index in [1.807, 2.05) is 23.9 Å². The van der Waals surface area contributed by atoms with Crippen LogP contribution in [0.5, 0.6) is 0 Å². The van der Waals surface area contributed by atoms with Crippen LogP contribution >= 0.6 is 0 Å². The normalized spacial score (nSPS) is 16.0. The first-order valence-electron chi connectivity index (χ1n) is 7.43. The fraction of sp³-hybridized carbons (Fsp3) is 0.625. The van der Waals surface area contributed by atoms with E-state index >= 15 is 0 Å². The summed E-state index contributed by atoms with van der Waals surface area (Å²) in [4.78, 5) is 10.6. The van der Waals surface area contributed by atoms with Crippen LogP contribution in [0.3, 0.4) is 0 Å². The third kappa shape index (κ3) is 4.86. The topological polar surface area (TPSA) is 89.5 Å². The van der Waals surface area contributed by atoms with Gasteiger partial charge in [0, 0.05) is 38.4 Å². The summed E-state index contributed by atoms with van der Waals surface area (Å²) in [6.07, 6.45) is 6.74. The van der Waals surface area contributed by atoms with Gasteiger partial charge < -0.3 is 19.7 Å². The van der Waals surface area contributed by atoms with Crippen molar-refractivity contribution in [3.05, 3.63) is 23.5 Å². The van der Waals surface area contributed by atoms with Gasteiger partial charge in [-0.25, -0.2) is 0 Å². The molecular weight excluding hydrogens is 282 g/mol. The molecule has 0 atom stereocenters. The zero-order valence-electron chi connectivity index (χ0n) is 13.3. The van der Waals surface area contributed by atoms with Crippen LogP contribution in [-0.4, -0.2) is 46.4 Å². The fourth-order valence-corrected chi connectivity index (χ4v) is 3.26. The summed E-state index contributed by atoms with van der Waals surface area (Å²) in [7, 11) is 3.99. The van der Waals surface area contributed by atoms with Crippen LogP contribution in [-0.2, 0) is 18.4 Å². The van der Waals surface area contributed by atoms with Crippen LogP contribution in [0.1, 0.15) is 36.9 Å². The summed E-state index contributed by atoms with van der Waals surface area (Å²) in [5.41, 5.74) is 1.95. The molecule has 0 aliphatic heterocycles. The van der Waals surface area contributed by atoms with Gasteiger partial charge in [-0.1, -0.05) is 12.8 Å². The van der Waals surface area contributed by atoms with Crippen molar-refractivity contribution in [1.29, 1.82) is 5.26 Å². The average molecular weight is 307 g/mol. The Morgan fingerprint density at radius 2 is 2.09 bits per heavy atom. The molecule has 122 valence electrons. The Hall–Kier alpha value is -1.84. The molecule has 1 saturated carbocycles. The number of rotatable bonds is 5. The number of hydrogen-bond acceptors (Lipinski definition) is 4. The largest absolute Gasteiger partial charge is 0.483 e. The molecule has 0 aromatic carbocycles. The number of nitrogens with zero attached hydrogens (tertiary/aromatic N) is 3. The Bertz CT molecular complexity index is 513. The van der Waals surface area contributed by atoms with Crippen molar-refractivity contribution in [2.24, 2.45) is 12.5 Å². The second-order valence-electron chi connectivity index (χ2n) is 6.10. The second kappa shape index (κ2) is 8.57. The van der Waals surface area contributed by atoms with Crippen LogP contribution in [0.2, 0.25) is 0 Å². The molecule has 0 radical (unpaired) electrons. The maximum absolute atomic E-state index is 9.64. The maximum Gasteiger partial charge on any atom is 0.290 e. The molecule has 1 fully saturated rings. The highest BCUT2D eigenvalue weighted by molar-refractivity contribution is 5.32. The van der Waals surface area contributed by atoms with E-state index in [1.165, 1.54) is 12.8 Å². The third-order valence-electron chi connectivity index (χ3n) is 4.23. The second-order valence-corrected chi connectivity index (χ2v) is 6.10. The Labute approximate surface area is 131 Å². The Morgan fingerprint density at radius 1 is 1.50 bits per heavy atom. The maximum atomic E-state index is 9.64. The van der Waals surface area contributed by atoms with Gasteiger partial charge in [0.05, 0.1) is 0 Å². The van der Waals surface area contributed by atoms with Crippen molar-refractivity contribution in [1.82, 2.24) is 9.47 Å². The highest BCUT2D eigenvalue weighted by atomic mass is 16.3. The summed E-state index contributed by atoms with van der Waals surface area (Å²) in [6.45, 7) is 1.80. The van der Waals surface area contributed by atoms with Crippen molar-refractivity contribution < 1.29 is 15.0 Å². The number of nitriles is 1. The molecule has 0 unspecified atom stereocenters. The number of aliphatic hydroxyl groups excluding tert-OH is 1. The van der Waals surface area contributed by atoms with Gasteiger partial charge in [-0.05, 0) is 31.5 Å². The van der Waals surface area contributed by atoms with E-state index in [2.05, 4.69) is 18.0 Å². The molecule has 0 bridgehead atoms. The molecule has 1 aliphatic carbocycles. The summed E-state index contributed by atoms with van der Waals surface area (Å²) in [6, 6.07) is 4.13. The molecule has 6 heteroatoms. The van der Waals surface area contributed by atoms with Gasteiger partial charge in [-0.2, -0.15) is 5.26 Å². The summed E-state index contributed by atoms with van der Waals surface area (Å²) in [5.74, 6) is 0. The van der Waals surface area contributed by atoms with Crippen LogP contribution in [0, 0.1) is 16.7 Å². The van der Waals surface area contributed by atoms with E-state index in [1.54, 1.807) is 0 Å². The zero-order chi connectivity index (χ0) is 16.6. The Balaban J connectivity index is 0.000000745. The van der Waals surface area contributed by atoms with E-state index < -0.39 is 0 Å². The van der Waals surface area contributed by atoms with Crippen molar-refractivity contribution in [3.63, 3.8) is 0 Å². The van der Waals surface area contributed by atoms with Crippen LogP contribution in [0.4, 0.5) is 0 Å². The minimum atomic E-state index is -0.250. The number of aromatic nitrogens is 1. The summed E-state index contributed by atoms with van der Waals surface area (Å²) in [5, 5.41) is 25.5. The average Bonchev–Trinajstić information content (AvgIpc) is 3.07. The quantitative estimate of drug-likeness (QED) is 0.806. The van der Waals surface area contributed by atoms with Gasteiger partial charge in [-0.3, -0.25) is 4.79 Å².